The van der Waals surface area contributed by atoms with Crippen LogP contribution in [0.2, 0.25) is 0 Å². The minimum absolute atomic E-state index is 0.567. The Balaban J connectivity index is 5.76. The molecule has 0 aromatic carbocycles. The zero-order chi connectivity index (χ0) is 16.8. The third kappa shape index (κ3) is 4.61. The second kappa shape index (κ2) is 8.78. The quantitative estimate of drug-likeness (QED) is 0.566. The molecule has 128 valence electrons. The summed E-state index contributed by atoms with van der Waals surface area (Å²) in [6, 6.07) is 0. The largest absolute Gasteiger partial charge is 0.352 e. The van der Waals surface area contributed by atoms with Gasteiger partial charge in [0.05, 0.1) is 0 Å². The van der Waals surface area contributed by atoms with Crippen LogP contribution in [0.1, 0.15) is 27.7 Å². The summed E-state index contributed by atoms with van der Waals surface area (Å²) in [6.07, 6.45) is 0. The first-order chi connectivity index (χ1) is 9.63. The van der Waals surface area contributed by atoms with Gasteiger partial charge >= 0.3 is 15.3 Å². The number of hydrogen-bond acceptors (Lipinski definition) is 3. The Labute approximate surface area is 130 Å². The molecule has 0 aromatic rings. The standard InChI is InChI=1S/C12H32N4O3P2/c1-9-15(10-2)20(17,13(5)6)19-21(18,14(7)8)16(11-3)12-4/h9-12H2,1-8H3. The van der Waals surface area contributed by atoms with E-state index < -0.39 is 15.3 Å². The smallest absolute Gasteiger partial charge is 0.255 e. The van der Waals surface area contributed by atoms with E-state index in [1.807, 2.05) is 27.7 Å². The zero-order valence-corrected chi connectivity index (χ0v) is 16.5. The van der Waals surface area contributed by atoms with Gasteiger partial charge in [0.15, 0.2) is 0 Å². The molecule has 21 heavy (non-hydrogen) atoms. The van der Waals surface area contributed by atoms with Crippen LogP contribution >= 0.6 is 15.3 Å². The van der Waals surface area contributed by atoms with Crippen LogP contribution in [0, 0.1) is 0 Å². The highest BCUT2D eigenvalue weighted by atomic mass is 31.3. The molecule has 0 saturated carbocycles. The normalized spacial score (nSPS) is 18.5. The summed E-state index contributed by atoms with van der Waals surface area (Å²) in [6.45, 7) is 9.94. The molecule has 2 atom stereocenters. The Hall–Kier alpha value is 0.260. The summed E-state index contributed by atoms with van der Waals surface area (Å²) in [5, 5.41) is 0. The van der Waals surface area contributed by atoms with Gasteiger partial charge in [0.2, 0.25) is 0 Å². The molecule has 7 nitrogen and oxygen atoms in total. The van der Waals surface area contributed by atoms with Crippen molar-refractivity contribution in [2.45, 2.75) is 27.7 Å². The highest BCUT2D eigenvalue weighted by molar-refractivity contribution is 7.67. The van der Waals surface area contributed by atoms with Crippen LogP contribution in [0.25, 0.3) is 0 Å². The van der Waals surface area contributed by atoms with Crippen molar-refractivity contribution >= 4 is 15.3 Å². The van der Waals surface area contributed by atoms with Crippen LogP contribution in [-0.4, -0.2) is 73.1 Å². The molecule has 0 bridgehead atoms. The van der Waals surface area contributed by atoms with E-state index in [4.69, 9.17) is 4.31 Å². The van der Waals surface area contributed by atoms with E-state index >= 15 is 0 Å². The monoisotopic (exact) mass is 342 g/mol. The van der Waals surface area contributed by atoms with E-state index in [1.165, 1.54) is 0 Å². The summed E-state index contributed by atoms with van der Waals surface area (Å²) in [4.78, 5) is 0. The molecule has 0 fully saturated rings. The summed E-state index contributed by atoms with van der Waals surface area (Å²) in [5.74, 6) is 0. The molecular formula is C12H32N4O3P2. The maximum atomic E-state index is 13.3. The van der Waals surface area contributed by atoms with Crippen LogP contribution < -0.4 is 0 Å². The fourth-order valence-corrected chi connectivity index (χ4v) is 7.60. The average Bonchev–Trinajstić information content (AvgIpc) is 2.40. The summed E-state index contributed by atoms with van der Waals surface area (Å²) < 4.78 is 39.1. The second-order valence-electron chi connectivity index (χ2n) is 5.04. The Kier molecular flexibility index (Phi) is 8.89. The van der Waals surface area contributed by atoms with E-state index in [2.05, 4.69) is 0 Å². The van der Waals surface area contributed by atoms with Gasteiger partial charge in [-0.1, -0.05) is 27.7 Å². The lowest BCUT2D eigenvalue weighted by Crippen LogP contribution is -2.33. The van der Waals surface area contributed by atoms with Crippen molar-refractivity contribution in [3.8, 4) is 0 Å². The average molecular weight is 342 g/mol. The van der Waals surface area contributed by atoms with E-state index in [9.17, 15) is 9.13 Å². The molecular weight excluding hydrogens is 310 g/mol. The predicted octanol–water partition coefficient (Wildman–Crippen LogP) is 3.03. The van der Waals surface area contributed by atoms with Gasteiger partial charge in [-0.3, -0.25) is 9.13 Å². The lowest BCUT2D eigenvalue weighted by atomic mass is 10.7. The van der Waals surface area contributed by atoms with Crippen LogP contribution in [0.15, 0.2) is 0 Å². The van der Waals surface area contributed by atoms with Gasteiger partial charge in [-0.25, -0.2) is 23.0 Å². The van der Waals surface area contributed by atoms with E-state index in [0.29, 0.717) is 26.2 Å². The van der Waals surface area contributed by atoms with Crippen molar-refractivity contribution in [1.82, 2.24) is 18.7 Å². The first-order valence-corrected chi connectivity index (χ1v) is 10.5. The Morgan fingerprint density at radius 1 is 0.667 bits per heavy atom. The fraction of sp³-hybridized carbons (Fsp3) is 1.00. The maximum absolute atomic E-state index is 13.3. The van der Waals surface area contributed by atoms with Crippen molar-refractivity contribution in [2.24, 2.45) is 0 Å². The highest BCUT2D eigenvalue weighted by Gasteiger charge is 2.45. The second-order valence-corrected chi connectivity index (χ2v) is 10.4. The summed E-state index contributed by atoms with van der Waals surface area (Å²) >= 11 is 0. The lowest BCUT2D eigenvalue weighted by Gasteiger charge is -2.40. The Bertz CT molecular complexity index is 360. The third-order valence-electron chi connectivity index (χ3n) is 3.40. The van der Waals surface area contributed by atoms with Crippen LogP contribution in [-0.2, 0) is 13.4 Å². The van der Waals surface area contributed by atoms with Crippen LogP contribution in [0.3, 0.4) is 0 Å². The number of rotatable bonds is 10. The van der Waals surface area contributed by atoms with E-state index in [-0.39, 0.29) is 0 Å². The van der Waals surface area contributed by atoms with Gasteiger partial charge in [0, 0.05) is 26.2 Å². The predicted molar refractivity (Wildman–Crippen MR) is 89.5 cm³/mol. The number of nitrogens with zero attached hydrogens (tertiary/aromatic N) is 4. The van der Waals surface area contributed by atoms with Crippen molar-refractivity contribution < 1.29 is 13.4 Å². The first kappa shape index (κ1) is 21.3. The van der Waals surface area contributed by atoms with Gasteiger partial charge in [0.1, 0.15) is 0 Å². The molecule has 2 unspecified atom stereocenters. The van der Waals surface area contributed by atoms with Crippen LogP contribution in [0.5, 0.6) is 0 Å². The van der Waals surface area contributed by atoms with Crippen molar-refractivity contribution in [3.05, 3.63) is 0 Å². The van der Waals surface area contributed by atoms with Gasteiger partial charge in [-0.05, 0) is 28.2 Å². The fourth-order valence-electron chi connectivity index (χ4n) is 2.06. The molecule has 0 aliphatic rings. The molecule has 0 aliphatic heterocycles. The van der Waals surface area contributed by atoms with Crippen molar-refractivity contribution in [1.29, 1.82) is 0 Å². The SMILES string of the molecule is CCN(CC)P(=O)(OP(=O)(N(C)C)N(CC)CC)N(C)C. The van der Waals surface area contributed by atoms with Crippen molar-refractivity contribution in [2.75, 3.05) is 54.4 Å². The zero-order valence-electron chi connectivity index (χ0n) is 14.7. The summed E-state index contributed by atoms with van der Waals surface area (Å²) in [5.41, 5.74) is 0. The molecule has 0 aliphatic carbocycles. The topological polar surface area (TPSA) is 56.3 Å². The molecule has 0 saturated heterocycles. The van der Waals surface area contributed by atoms with Crippen LogP contribution in [0.4, 0.5) is 0 Å². The molecule has 0 spiro atoms. The van der Waals surface area contributed by atoms with Crippen molar-refractivity contribution in [3.63, 3.8) is 0 Å². The van der Waals surface area contributed by atoms with Gasteiger partial charge in [-0.2, -0.15) is 0 Å². The maximum Gasteiger partial charge on any atom is 0.352 e. The Morgan fingerprint density at radius 3 is 1.05 bits per heavy atom. The highest BCUT2D eigenvalue weighted by Crippen LogP contribution is 2.68. The molecule has 0 heterocycles. The molecule has 0 radical (unpaired) electrons. The lowest BCUT2D eigenvalue weighted by molar-refractivity contribution is 0.271. The number of hydrogen-bond donors (Lipinski definition) is 0. The molecule has 0 rings (SSSR count). The van der Waals surface area contributed by atoms with Gasteiger partial charge < -0.3 is 0 Å². The Morgan fingerprint density at radius 2 is 0.905 bits per heavy atom. The van der Waals surface area contributed by atoms with E-state index in [1.54, 1.807) is 46.9 Å². The molecule has 0 N–H and O–H groups in total. The van der Waals surface area contributed by atoms with Gasteiger partial charge in [-0.15, -0.1) is 0 Å². The molecule has 9 heteroatoms. The minimum Gasteiger partial charge on any atom is -0.255 e. The molecule has 0 aromatic heterocycles. The first-order valence-electron chi connectivity index (χ1n) is 7.41. The molecule has 0 amide bonds. The minimum atomic E-state index is -3.34. The third-order valence-corrected chi connectivity index (χ3v) is 9.68. The van der Waals surface area contributed by atoms with E-state index in [0.717, 1.165) is 0 Å². The summed E-state index contributed by atoms with van der Waals surface area (Å²) in [7, 11) is 0.109. The van der Waals surface area contributed by atoms with Gasteiger partial charge in [0.25, 0.3) is 0 Å².